The van der Waals surface area contributed by atoms with E-state index in [0.717, 1.165) is 24.3 Å². The van der Waals surface area contributed by atoms with Gasteiger partial charge in [0.25, 0.3) is 5.56 Å². The fraction of sp³-hybridized carbons (Fsp3) is 0.467. The second kappa shape index (κ2) is 5.86. The minimum Gasteiger partial charge on any atom is -0.384 e. The van der Waals surface area contributed by atoms with Crippen molar-refractivity contribution in [2.45, 2.75) is 43.6 Å². The first-order valence-corrected chi connectivity index (χ1v) is 7.27. The molecule has 1 aromatic heterocycles. The fourth-order valence-electron chi connectivity index (χ4n) is 2.85. The van der Waals surface area contributed by atoms with E-state index in [1.54, 1.807) is 6.08 Å². The lowest BCUT2D eigenvalue weighted by Gasteiger charge is -2.20. The van der Waals surface area contributed by atoms with Crippen LogP contribution in [0.2, 0.25) is 0 Å². The van der Waals surface area contributed by atoms with E-state index in [1.165, 1.54) is 0 Å². The first-order valence-electron chi connectivity index (χ1n) is 7.27. The molecule has 1 saturated heterocycles. The molecule has 124 valence electrons. The number of hydrogen-bond donors (Lipinski definition) is 2. The molecular formula is C15H16F2N2O4. The Balaban J connectivity index is 1.91. The predicted octanol–water partition coefficient (Wildman–Crippen LogP) is 1.10. The van der Waals surface area contributed by atoms with Crippen molar-refractivity contribution >= 4 is 0 Å². The zero-order valence-corrected chi connectivity index (χ0v) is 12.1. The number of rotatable bonds is 3. The van der Waals surface area contributed by atoms with E-state index in [0.29, 0.717) is 11.0 Å². The molecule has 0 radical (unpaired) electrons. The molecule has 2 aliphatic rings. The average molecular weight is 326 g/mol. The maximum atomic E-state index is 14.3. The number of ether oxygens (including phenoxy) is 1. The Bertz CT molecular complexity index is 737. The number of allylic oxidation sites excluding steroid dienone is 3. The lowest BCUT2D eigenvalue weighted by Crippen LogP contribution is -2.45. The van der Waals surface area contributed by atoms with Crippen LogP contribution < -0.4 is 11.2 Å². The summed E-state index contributed by atoms with van der Waals surface area (Å²) in [5, 5.41) is 9.91. The van der Waals surface area contributed by atoms with Gasteiger partial charge in [-0.05, 0) is 19.3 Å². The molecule has 2 heterocycles. The smallest absolute Gasteiger partial charge is 0.330 e. The van der Waals surface area contributed by atoms with Gasteiger partial charge in [-0.25, -0.2) is 9.36 Å². The number of H-pyrrole nitrogens is 1. The molecule has 0 amide bonds. The highest BCUT2D eigenvalue weighted by molar-refractivity contribution is 5.19. The van der Waals surface area contributed by atoms with Crippen LogP contribution in [0.1, 0.15) is 25.5 Å². The summed E-state index contributed by atoms with van der Waals surface area (Å²) in [6, 6.07) is 0.953. The van der Waals surface area contributed by atoms with E-state index in [2.05, 4.69) is 4.98 Å². The molecule has 2 N–H and O–H groups in total. The maximum absolute atomic E-state index is 14.3. The molecule has 1 aliphatic heterocycles. The van der Waals surface area contributed by atoms with Crippen molar-refractivity contribution in [1.29, 1.82) is 0 Å². The number of aliphatic hydroxyl groups excluding tert-OH is 1. The van der Waals surface area contributed by atoms with E-state index in [4.69, 9.17) is 4.74 Å². The highest BCUT2D eigenvalue weighted by Crippen LogP contribution is 2.43. The largest absolute Gasteiger partial charge is 0.384 e. The number of halogens is 2. The van der Waals surface area contributed by atoms with Crippen molar-refractivity contribution in [3.05, 3.63) is 56.9 Å². The van der Waals surface area contributed by atoms with Gasteiger partial charge < -0.3 is 14.8 Å². The molecule has 1 aliphatic carbocycles. The summed E-state index contributed by atoms with van der Waals surface area (Å²) in [4.78, 5) is 25.6. The zero-order chi connectivity index (χ0) is 16.6. The molecule has 6 nitrogen and oxygen atoms in total. The Hall–Kier alpha value is -2.06. The molecule has 0 aromatic carbocycles. The predicted molar refractivity (Wildman–Crippen MR) is 77.3 cm³/mol. The minimum absolute atomic E-state index is 0.122. The summed E-state index contributed by atoms with van der Waals surface area (Å²) in [7, 11) is 0. The van der Waals surface area contributed by atoms with Gasteiger partial charge in [-0.3, -0.25) is 4.79 Å². The van der Waals surface area contributed by atoms with E-state index in [-0.39, 0.29) is 6.42 Å². The van der Waals surface area contributed by atoms with E-state index in [9.17, 15) is 23.5 Å². The van der Waals surface area contributed by atoms with Crippen molar-refractivity contribution in [1.82, 2.24) is 9.55 Å². The molecule has 0 saturated carbocycles. The van der Waals surface area contributed by atoms with Crippen LogP contribution in [0.25, 0.3) is 0 Å². The lowest BCUT2D eigenvalue weighted by molar-refractivity contribution is -0.141. The van der Waals surface area contributed by atoms with Crippen molar-refractivity contribution in [2.75, 3.05) is 0 Å². The minimum atomic E-state index is -3.74. The fourth-order valence-corrected chi connectivity index (χ4v) is 2.85. The quantitative estimate of drug-likeness (QED) is 0.871. The van der Waals surface area contributed by atoms with Crippen molar-refractivity contribution < 1.29 is 18.6 Å². The Morgan fingerprint density at radius 2 is 2.22 bits per heavy atom. The van der Waals surface area contributed by atoms with Crippen LogP contribution in [0.15, 0.2) is 45.7 Å². The van der Waals surface area contributed by atoms with Crippen LogP contribution in [-0.4, -0.2) is 32.8 Å². The van der Waals surface area contributed by atoms with Crippen molar-refractivity contribution in [3.63, 3.8) is 0 Å². The van der Waals surface area contributed by atoms with E-state index >= 15 is 0 Å². The summed E-state index contributed by atoms with van der Waals surface area (Å²) < 4.78 is 34.2. The van der Waals surface area contributed by atoms with Gasteiger partial charge in [-0.2, -0.15) is 8.78 Å². The van der Waals surface area contributed by atoms with Gasteiger partial charge in [0.2, 0.25) is 6.23 Å². The Kier molecular flexibility index (Phi) is 4.03. The van der Waals surface area contributed by atoms with E-state index < -0.39 is 35.6 Å². The molecule has 8 heteroatoms. The Morgan fingerprint density at radius 1 is 1.43 bits per heavy atom. The van der Waals surface area contributed by atoms with Crippen LogP contribution in [0, 0.1) is 0 Å². The molecule has 3 atom stereocenters. The van der Waals surface area contributed by atoms with Crippen LogP contribution in [0.5, 0.6) is 0 Å². The van der Waals surface area contributed by atoms with Crippen molar-refractivity contribution in [3.8, 4) is 0 Å². The van der Waals surface area contributed by atoms with Crippen LogP contribution in [-0.2, 0) is 4.74 Å². The topological polar surface area (TPSA) is 84.3 Å². The molecule has 23 heavy (non-hydrogen) atoms. The van der Waals surface area contributed by atoms with Gasteiger partial charge in [0.05, 0.1) is 6.10 Å². The van der Waals surface area contributed by atoms with Gasteiger partial charge in [-0.15, -0.1) is 0 Å². The lowest BCUT2D eigenvalue weighted by atomic mass is 9.96. The summed E-state index contributed by atoms with van der Waals surface area (Å²) in [6.45, 7) is 0. The number of aliphatic hydroxyl groups is 1. The number of alkyl halides is 2. The highest BCUT2D eigenvalue weighted by Gasteiger charge is 2.60. The van der Waals surface area contributed by atoms with Gasteiger partial charge in [0.1, 0.15) is 6.10 Å². The van der Waals surface area contributed by atoms with Crippen LogP contribution >= 0.6 is 0 Å². The summed E-state index contributed by atoms with van der Waals surface area (Å²) in [5.41, 5.74) is -1.04. The number of aromatic nitrogens is 2. The zero-order valence-electron chi connectivity index (χ0n) is 12.1. The first kappa shape index (κ1) is 15.8. The van der Waals surface area contributed by atoms with Crippen LogP contribution in [0.3, 0.4) is 0 Å². The summed E-state index contributed by atoms with van der Waals surface area (Å²) in [5.74, 6) is -3.74. The molecule has 1 aromatic rings. The SMILES string of the molecule is O=c1cc[nH]c(=O)n1[C@@H]1O[C@H](CC2=CC=CCC2)[C@@H](O)C1(F)F. The van der Waals surface area contributed by atoms with Gasteiger partial charge >= 0.3 is 11.6 Å². The third-order valence-electron chi connectivity index (χ3n) is 4.07. The first-order chi connectivity index (χ1) is 10.9. The van der Waals surface area contributed by atoms with E-state index in [1.807, 2.05) is 12.2 Å². The highest BCUT2D eigenvalue weighted by atomic mass is 19.3. The third kappa shape index (κ3) is 2.79. The standard InChI is InChI=1S/C15H16F2N2O4/c16-15(17)12(21)10(8-9-4-2-1-3-5-9)23-13(15)19-11(20)6-7-18-14(19)22/h1-2,4,6-7,10,12-13,21H,3,5,8H2,(H,18,22)/t10-,12-,13-/m1/s1. The monoisotopic (exact) mass is 326 g/mol. The summed E-state index contributed by atoms with van der Waals surface area (Å²) in [6.07, 6.45) is 2.87. The molecule has 1 fully saturated rings. The number of nitrogens with one attached hydrogen (secondary N) is 1. The number of aromatic amines is 1. The molecule has 0 unspecified atom stereocenters. The van der Waals surface area contributed by atoms with Crippen LogP contribution in [0.4, 0.5) is 8.78 Å². The molecule has 0 spiro atoms. The molecular weight excluding hydrogens is 310 g/mol. The molecule has 0 bridgehead atoms. The average Bonchev–Trinajstić information content (AvgIpc) is 2.72. The second-order valence-corrected chi connectivity index (χ2v) is 5.63. The normalized spacial score (nSPS) is 29.5. The Labute approximate surface area is 129 Å². The number of nitrogens with zero attached hydrogens (tertiary/aromatic N) is 1. The molecule has 3 rings (SSSR count). The van der Waals surface area contributed by atoms with Gasteiger partial charge in [-0.1, -0.05) is 23.8 Å². The Morgan fingerprint density at radius 3 is 2.87 bits per heavy atom. The third-order valence-corrected chi connectivity index (χ3v) is 4.07. The number of hydrogen-bond acceptors (Lipinski definition) is 4. The van der Waals surface area contributed by atoms with Gasteiger partial charge in [0, 0.05) is 12.3 Å². The maximum Gasteiger partial charge on any atom is 0.330 e. The summed E-state index contributed by atoms with van der Waals surface area (Å²) >= 11 is 0. The van der Waals surface area contributed by atoms with Crippen molar-refractivity contribution in [2.24, 2.45) is 0 Å². The van der Waals surface area contributed by atoms with Gasteiger partial charge in [0.15, 0.2) is 0 Å². The second-order valence-electron chi connectivity index (χ2n) is 5.63.